The maximum atomic E-state index is 1.58. The summed E-state index contributed by atoms with van der Waals surface area (Å²) in [6.45, 7) is 0. The molecule has 0 aromatic heterocycles. The van der Waals surface area contributed by atoms with E-state index in [0.29, 0.717) is 0 Å². The lowest BCUT2D eigenvalue weighted by molar-refractivity contribution is 0.480. The van der Waals surface area contributed by atoms with Gasteiger partial charge in [0.15, 0.2) is 0 Å². The molecule has 55 heavy (non-hydrogen) atoms. The van der Waals surface area contributed by atoms with Crippen LogP contribution in [0.1, 0.15) is 340 Å². The van der Waals surface area contributed by atoms with E-state index in [1.165, 1.54) is 320 Å². The molecule has 2 bridgehead atoms. The third-order valence-corrected chi connectivity index (χ3v) is 14.6. The molecular weight excluding hydrogens is 661 g/mol. The van der Waals surface area contributed by atoms with E-state index in [9.17, 15) is 0 Å². The Labute approximate surface area is 350 Å². The largest absolute Gasteiger partial charge is 0.0533 e. The fraction of sp³-hybridized carbons (Fsp3) is 1.00. The average Bonchev–Trinajstić information content (AvgIpc) is 3.84. The molecule has 0 atom stereocenters. The van der Waals surface area contributed by atoms with Crippen molar-refractivity contribution in [2.24, 2.45) is 11.8 Å². The first-order valence-corrected chi connectivity index (χ1v) is 27.4. The van der Waals surface area contributed by atoms with Gasteiger partial charge in [-0.2, -0.15) is 0 Å². The van der Waals surface area contributed by atoms with Crippen molar-refractivity contribution < 1.29 is 0 Å². The zero-order valence-electron chi connectivity index (χ0n) is 38.6. The molecule has 0 saturated heterocycles. The molecular formula is C55H108. The monoisotopic (exact) mass is 769 g/mol. The molecule has 6 aliphatic carbocycles. The van der Waals surface area contributed by atoms with E-state index in [1.54, 1.807) is 32.1 Å². The highest BCUT2D eigenvalue weighted by atomic mass is 14.4. The summed E-state index contributed by atoms with van der Waals surface area (Å²) in [6, 6.07) is 0. The quantitative estimate of drug-likeness (QED) is 0.230. The molecule has 6 rings (SSSR count). The summed E-state index contributed by atoms with van der Waals surface area (Å²) in [6.07, 6.45) is 79.8. The number of hydrogen-bond acceptors (Lipinski definition) is 0. The van der Waals surface area contributed by atoms with E-state index in [1.807, 2.05) is 0 Å². The topological polar surface area (TPSA) is 0 Å². The highest BCUT2D eigenvalue weighted by Gasteiger charge is 2.30. The lowest BCUT2D eigenvalue weighted by Crippen LogP contribution is -1.90. The second-order valence-electron chi connectivity index (χ2n) is 20.1. The first-order valence-electron chi connectivity index (χ1n) is 27.4. The molecule has 0 nitrogen and oxygen atoms in total. The van der Waals surface area contributed by atoms with Crippen LogP contribution in [0, 0.1) is 11.8 Å². The SMILES string of the molecule is C1CC2CCC1C2.C1CCCCCCCCCCC1.C1CCCCCCCCCCC1.C1CCCCCCCCCCC1.C1CCCCCCCCCCC1. The molecule has 0 heteroatoms. The van der Waals surface area contributed by atoms with Gasteiger partial charge in [-0.1, -0.05) is 334 Å². The zero-order chi connectivity index (χ0) is 38.6. The fourth-order valence-corrected chi connectivity index (χ4v) is 10.7. The maximum Gasteiger partial charge on any atom is -0.0411 e. The van der Waals surface area contributed by atoms with Gasteiger partial charge < -0.3 is 0 Å². The Morgan fingerprint density at radius 1 is 0.109 bits per heavy atom. The van der Waals surface area contributed by atoms with Crippen LogP contribution < -0.4 is 0 Å². The first kappa shape index (κ1) is 51.1. The van der Waals surface area contributed by atoms with Gasteiger partial charge in [0, 0.05) is 0 Å². The Morgan fingerprint density at radius 2 is 0.182 bits per heavy atom. The van der Waals surface area contributed by atoms with Crippen molar-refractivity contribution in [3.63, 3.8) is 0 Å². The van der Waals surface area contributed by atoms with E-state index in [2.05, 4.69) is 0 Å². The molecule has 328 valence electrons. The minimum Gasteiger partial charge on any atom is -0.0533 e. The third-order valence-electron chi connectivity index (χ3n) is 14.6. The van der Waals surface area contributed by atoms with Crippen LogP contribution in [0.4, 0.5) is 0 Å². The standard InChI is InChI=1S/4C12H24.C7H12/c4*1-2-4-6-8-10-12-11-9-7-5-3-1;1-2-7-4-3-6(1)5-7/h4*1-12H2;6-7H,1-5H2. The van der Waals surface area contributed by atoms with Crippen LogP contribution in [0.15, 0.2) is 0 Å². The minimum atomic E-state index is 1.17. The van der Waals surface area contributed by atoms with E-state index >= 15 is 0 Å². The predicted octanol–water partition coefficient (Wildman–Crippen LogP) is 20.9. The number of hydrogen-bond donors (Lipinski definition) is 0. The Kier molecular flexibility index (Phi) is 40.5. The van der Waals surface area contributed by atoms with Crippen LogP contribution >= 0.6 is 0 Å². The molecule has 0 heterocycles. The second-order valence-corrected chi connectivity index (χ2v) is 20.1. The summed E-state index contributed by atoms with van der Waals surface area (Å²) in [7, 11) is 0. The summed E-state index contributed by atoms with van der Waals surface area (Å²) < 4.78 is 0. The molecule has 0 spiro atoms. The summed E-state index contributed by atoms with van der Waals surface area (Å²) in [5.41, 5.74) is 0. The van der Waals surface area contributed by atoms with Gasteiger partial charge in [-0.3, -0.25) is 0 Å². The highest BCUT2D eigenvalue weighted by Crippen LogP contribution is 2.44. The molecule has 0 radical (unpaired) electrons. The van der Waals surface area contributed by atoms with Gasteiger partial charge in [-0.25, -0.2) is 0 Å². The van der Waals surface area contributed by atoms with Gasteiger partial charge in [0.2, 0.25) is 0 Å². The Bertz CT molecular complexity index is 408. The third kappa shape index (κ3) is 38.0. The fourth-order valence-electron chi connectivity index (χ4n) is 10.7. The highest BCUT2D eigenvalue weighted by molar-refractivity contribution is 4.82. The average molecular weight is 769 g/mol. The second kappa shape index (κ2) is 43.6. The van der Waals surface area contributed by atoms with Crippen LogP contribution in [0.25, 0.3) is 0 Å². The van der Waals surface area contributed by atoms with Crippen LogP contribution in [0.5, 0.6) is 0 Å². The van der Waals surface area contributed by atoms with Crippen LogP contribution in [-0.2, 0) is 0 Å². The molecule has 0 aliphatic heterocycles. The molecule has 6 fully saturated rings. The van der Waals surface area contributed by atoms with Crippen molar-refractivity contribution in [3.8, 4) is 0 Å². The van der Waals surface area contributed by atoms with Crippen LogP contribution in [0.3, 0.4) is 0 Å². The van der Waals surface area contributed by atoms with Crippen LogP contribution in [-0.4, -0.2) is 0 Å². The van der Waals surface area contributed by atoms with Crippen molar-refractivity contribution in [2.75, 3.05) is 0 Å². The zero-order valence-corrected chi connectivity index (χ0v) is 38.6. The van der Waals surface area contributed by atoms with Crippen molar-refractivity contribution in [1.82, 2.24) is 0 Å². The Balaban J connectivity index is 0.000000239. The molecule has 0 aromatic rings. The summed E-state index contributed by atoms with van der Waals surface area (Å²) in [4.78, 5) is 0. The minimum absolute atomic E-state index is 1.17. The van der Waals surface area contributed by atoms with Crippen molar-refractivity contribution >= 4 is 0 Å². The summed E-state index contributed by atoms with van der Waals surface area (Å²) in [5.74, 6) is 2.34. The van der Waals surface area contributed by atoms with E-state index in [0.717, 1.165) is 0 Å². The molecule has 6 saturated carbocycles. The van der Waals surface area contributed by atoms with Crippen molar-refractivity contribution in [1.29, 1.82) is 0 Å². The molecule has 6 aliphatic rings. The van der Waals surface area contributed by atoms with Crippen molar-refractivity contribution in [2.45, 2.75) is 340 Å². The molecule has 0 unspecified atom stereocenters. The lowest BCUT2D eigenvalue weighted by Gasteiger charge is -2.05. The Morgan fingerprint density at radius 3 is 0.218 bits per heavy atom. The number of fused-ring (bicyclic) bond motifs is 2. The summed E-state index contributed by atoms with van der Waals surface area (Å²) in [5, 5.41) is 0. The smallest absolute Gasteiger partial charge is 0.0411 e. The number of rotatable bonds is 0. The van der Waals surface area contributed by atoms with E-state index in [-0.39, 0.29) is 0 Å². The lowest BCUT2D eigenvalue weighted by atomic mass is 10.0. The van der Waals surface area contributed by atoms with Gasteiger partial charge >= 0.3 is 0 Å². The van der Waals surface area contributed by atoms with Gasteiger partial charge in [-0.05, 0) is 18.3 Å². The predicted molar refractivity (Wildman–Crippen MR) is 252 cm³/mol. The van der Waals surface area contributed by atoms with Gasteiger partial charge in [0.05, 0.1) is 0 Å². The van der Waals surface area contributed by atoms with E-state index < -0.39 is 0 Å². The molecule has 0 N–H and O–H groups in total. The molecule has 0 amide bonds. The normalized spacial score (nSPS) is 27.1. The maximum absolute atomic E-state index is 1.58. The molecule has 0 aromatic carbocycles. The summed E-state index contributed by atoms with van der Waals surface area (Å²) >= 11 is 0. The van der Waals surface area contributed by atoms with Crippen LogP contribution in [0.2, 0.25) is 0 Å². The van der Waals surface area contributed by atoms with Gasteiger partial charge in [0.1, 0.15) is 0 Å². The first-order chi connectivity index (χ1) is 27.4. The Hall–Kier alpha value is 0. The van der Waals surface area contributed by atoms with Gasteiger partial charge in [-0.15, -0.1) is 0 Å². The van der Waals surface area contributed by atoms with Gasteiger partial charge in [0.25, 0.3) is 0 Å². The van der Waals surface area contributed by atoms with Crippen molar-refractivity contribution in [3.05, 3.63) is 0 Å². The van der Waals surface area contributed by atoms with E-state index in [4.69, 9.17) is 0 Å².